The molecule has 4 heterocycles. The van der Waals surface area contributed by atoms with E-state index >= 15 is 0 Å². The Bertz CT molecular complexity index is 4290. The molecule has 0 atom stereocenters. The number of benzene rings is 11. The largest absolute Gasteiger partial charge is 0.309 e. The maximum absolute atomic E-state index is 2.46. The van der Waals surface area contributed by atoms with Crippen LogP contribution in [-0.2, 0) is 0 Å². The van der Waals surface area contributed by atoms with Gasteiger partial charge in [-0.15, -0.1) is 0 Å². The van der Waals surface area contributed by atoms with Crippen molar-refractivity contribution in [3.8, 4) is 45.0 Å². The van der Waals surface area contributed by atoms with Crippen LogP contribution in [0, 0.1) is 0 Å². The van der Waals surface area contributed by atoms with Gasteiger partial charge in [0.2, 0.25) is 0 Å². The highest BCUT2D eigenvalue weighted by Crippen LogP contribution is 2.44. The summed E-state index contributed by atoms with van der Waals surface area (Å²) in [6, 6.07) is 93.4. The normalized spacial score (nSPS) is 12.0. The Morgan fingerprint density at radius 1 is 0.186 bits per heavy atom. The van der Waals surface area contributed by atoms with E-state index in [4.69, 9.17) is 0 Å². The molecule has 15 aromatic rings. The fourth-order valence-electron chi connectivity index (χ4n) is 11.8. The number of hydrogen-bond donors (Lipinski definition) is 0. The monoisotopic (exact) mass is 890 g/mol. The lowest BCUT2D eigenvalue weighted by Crippen LogP contribution is -1.98. The quantitative estimate of drug-likeness (QED) is 0.158. The maximum Gasteiger partial charge on any atom is 0.0547 e. The predicted octanol–water partition coefficient (Wildman–Crippen LogP) is 17.4. The Labute approximate surface area is 403 Å². The third-order valence-corrected chi connectivity index (χ3v) is 14.7. The molecule has 4 aromatic heterocycles. The number of hydrogen-bond acceptors (Lipinski definition) is 0. The van der Waals surface area contributed by atoms with Crippen LogP contribution in [0.5, 0.6) is 0 Å². The number of aromatic nitrogens is 4. The summed E-state index contributed by atoms with van der Waals surface area (Å²) in [5.74, 6) is 0. The zero-order valence-electron chi connectivity index (χ0n) is 38.0. The molecule has 0 saturated heterocycles. The molecule has 4 nitrogen and oxygen atoms in total. The smallest absolute Gasteiger partial charge is 0.0547 e. The fourth-order valence-corrected chi connectivity index (χ4v) is 11.8. The van der Waals surface area contributed by atoms with Crippen molar-refractivity contribution in [2.24, 2.45) is 0 Å². The highest BCUT2D eigenvalue weighted by atomic mass is 15.0. The van der Waals surface area contributed by atoms with Gasteiger partial charge in [-0.25, -0.2) is 0 Å². The van der Waals surface area contributed by atoms with E-state index in [0.29, 0.717) is 0 Å². The summed E-state index contributed by atoms with van der Waals surface area (Å²) in [6.07, 6.45) is 0. The van der Waals surface area contributed by atoms with Gasteiger partial charge in [-0.1, -0.05) is 164 Å². The minimum Gasteiger partial charge on any atom is -0.309 e. The summed E-state index contributed by atoms with van der Waals surface area (Å²) in [5, 5.41) is 9.96. The summed E-state index contributed by atoms with van der Waals surface area (Å²) >= 11 is 0. The van der Waals surface area contributed by atoms with E-state index in [0.717, 1.165) is 22.7 Å². The second kappa shape index (κ2) is 15.1. The van der Waals surface area contributed by atoms with Crippen molar-refractivity contribution in [1.82, 2.24) is 18.3 Å². The van der Waals surface area contributed by atoms with Crippen molar-refractivity contribution >= 4 is 87.2 Å². The van der Waals surface area contributed by atoms with Crippen molar-refractivity contribution < 1.29 is 0 Å². The molecule has 0 aliphatic heterocycles. The Hall–Kier alpha value is -9.38. The highest BCUT2D eigenvalue weighted by molar-refractivity contribution is 6.19. The van der Waals surface area contributed by atoms with Gasteiger partial charge in [0.05, 0.1) is 44.1 Å². The number of nitrogens with zero attached hydrogens (tertiary/aromatic N) is 4. The Kier molecular flexibility index (Phi) is 8.33. The lowest BCUT2D eigenvalue weighted by molar-refractivity contribution is 1.13. The van der Waals surface area contributed by atoms with Crippen LogP contribution in [0.2, 0.25) is 0 Å². The third-order valence-electron chi connectivity index (χ3n) is 14.7. The second-order valence-electron chi connectivity index (χ2n) is 18.5. The van der Waals surface area contributed by atoms with Crippen molar-refractivity contribution in [1.29, 1.82) is 0 Å². The molecule has 0 saturated carbocycles. The van der Waals surface area contributed by atoms with Crippen molar-refractivity contribution in [3.63, 3.8) is 0 Å². The summed E-state index contributed by atoms with van der Waals surface area (Å²) in [7, 11) is 0. The Morgan fingerprint density at radius 2 is 0.500 bits per heavy atom. The van der Waals surface area contributed by atoms with E-state index < -0.39 is 0 Å². The van der Waals surface area contributed by atoms with Crippen LogP contribution in [0.15, 0.2) is 255 Å². The second-order valence-corrected chi connectivity index (χ2v) is 18.5. The van der Waals surface area contributed by atoms with E-state index in [9.17, 15) is 0 Å². The number of rotatable bonds is 6. The molecule has 11 aromatic carbocycles. The van der Waals surface area contributed by atoms with Crippen LogP contribution in [0.3, 0.4) is 0 Å². The summed E-state index contributed by atoms with van der Waals surface area (Å²) < 4.78 is 9.73. The molecule has 326 valence electrons. The van der Waals surface area contributed by atoms with Gasteiger partial charge < -0.3 is 18.3 Å². The molecule has 4 heteroatoms. The van der Waals surface area contributed by atoms with Gasteiger partial charge in [0.25, 0.3) is 0 Å². The van der Waals surface area contributed by atoms with Crippen molar-refractivity contribution in [2.45, 2.75) is 0 Å². The Morgan fingerprint density at radius 3 is 0.943 bits per heavy atom. The molecule has 0 amide bonds. The van der Waals surface area contributed by atoms with Crippen LogP contribution in [0.4, 0.5) is 0 Å². The third kappa shape index (κ3) is 5.59. The molecule has 0 N–H and O–H groups in total. The molecule has 15 rings (SSSR count). The van der Waals surface area contributed by atoms with E-state index in [1.54, 1.807) is 0 Å². The van der Waals surface area contributed by atoms with Crippen molar-refractivity contribution in [2.75, 3.05) is 0 Å². The van der Waals surface area contributed by atoms with E-state index in [-0.39, 0.29) is 0 Å². The molecule has 0 spiro atoms. The molecule has 0 unspecified atom stereocenters. The lowest BCUT2D eigenvalue weighted by Gasteiger charge is -2.13. The van der Waals surface area contributed by atoms with Crippen molar-refractivity contribution in [3.05, 3.63) is 255 Å². The first-order valence-electron chi connectivity index (χ1n) is 24.1. The van der Waals surface area contributed by atoms with E-state index in [2.05, 4.69) is 273 Å². The summed E-state index contributed by atoms with van der Waals surface area (Å²) in [4.78, 5) is 0. The molecule has 0 bridgehead atoms. The van der Waals surface area contributed by atoms with Crippen LogP contribution >= 0.6 is 0 Å². The molecular weight excluding hydrogens is 849 g/mol. The van der Waals surface area contributed by atoms with Gasteiger partial charge in [-0.3, -0.25) is 0 Å². The number of fused-ring (bicyclic) bond motifs is 12. The minimum absolute atomic E-state index is 1.11. The van der Waals surface area contributed by atoms with Crippen LogP contribution in [-0.4, -0.2) is 18.3 Å². The topological polar surface area (TPSA) is 19.7 Å². The van der Waals surface area contributed by atoms with Gasteiger partial charge in [-0.2, -0.15) is 0 Å². The van der Waals surface area contributed by atoms with Gasteiger partial charge in [0, 0.05) is 65.8 Å². The van der Waals surface area contributed by atoms with Gasteiger partial charge in [0.1, 0.15) is 0 Å². The maximum atomic E-state index is 2.46. The summed E-state index contributed by atoms with van der Waals surface area (Å²) in [6.45, 7) is 0. The first-order chi connectivity index (χ1) is 34.8. The van der Waals surface area contributed by atoms with Crippen LogP contribution in [0.25, 0.3) is 132 Å². The molecule has 0 radical (unpaired) electrons. The molecule has 0 aliphatic rings. The molecule has 70 heavy (non-hydrogen) atoms. The average molecular weight is 891 g/mol. The zero-order chi connectivity index (χ0) is 45.9. The Balaban J connectivity index is 0.909. The van der Waals surface area contributed by atoms with Gasteiger partial charge >= 0.3 is 0 Å². The molecule has 0 aliphatic carbocycles. The van der Waals surface area contributed by atoms with E-state index in [1.165, 1.54) is 109 Å². The lowest BCUT2D eigenvalue weighted by atomic mass is 9.98. The standard InChI is InChI=1S/C66H42N4/c1-3-18-45(19-4-1)67-57-30-11-7-24-51(57)53-38-36-43(40-63(53)67)49-28-16-34-61-65(49)55-26-9-13-32-59(55)69(61)47-22-15-23-48(42-47)70-60-33-14-10-27-56(60)66-50(29-17-35-62(66)70)44-37-39-54-52-25-8-12-31-58(52)68(64(54)41-44)46-20-5-2-6-21-46/h1-42H. The van der Waals surface area contributed by atoms with Crippen LogP contribution < -0.4 is 0 Å². The zero-order valence-corrected chi connectivity index (χ0v) is 38.0. The summed E-state index contributed by atoms with van der Waals surface area (Å²) in [5.41, 5.74) is 18.9. The van der Waals surface area contributed by atoms with Gasteiger partial charge in [-0.05, 0) is 113 Å². The fraction of sp³-hybridized carbons (Fsp3) is 0. The average Bonchev–Trinajstić information content (AvgIpc) is 4.16. The minimum atomic E-state index is 1.11. The molecular formula is C66H42N4. The first kappa shape index (κ1) is 38.7. The predicted molar refractivity (Wildman–Crippen MR) is 295 cm³/mol. The van der Waals surface area contributed by atoms with Crippen LogP contribution in [0.1, 0.15) is 0 Å². The molecule has 0 fully saturated rings. The number of para-hydroxylation sites is 6. The van der Waals surface area contributed by atoms with Gasteiger partial charge in [0.15, 0.2) is 0 Å². The first-order valence-corrected chi connectivity index (χ1v) is 24.1. The SMILES string of the molecule is c1ccc(-n2c3ccccc3c3ccc(-c4cccc5c4c4ccccc4n5-c4cccc(-n5c6ccccc6c6c(-c7ccc8c9ccccc9n(-c9ccccc9)c8c7)cccc65)c4)cc32)cc1. The van der Waals surface area contributed by atoms with E-state index in [1.807, 2.05) is 0 Å². The highest BCUT2D eigenvalue weighted by Gasteiger charge is 2.21.